The standard InChI is InChI=1S/C16H20N2O/c1-3-16(19)14-6-4-5-7-15(14)18(2)12-13-8-10-17-11-9-13/h4-11,16,19H,3,12H2,1-2H3/t16-/m0/s1. The van der Waals surface area contributed by atoms with Crippen molar-refractivity contribution in [2.45, 2.75) is 26.0 Å². The van der Waals surface area contributed by atoms with E-state index in [1.807, 2.05) is 44.3 Å². The summed E-state index contributed by atoms with van der Waals surface area (Å²) in [7, 11) is 2.04. The van der Waals surface area contributed by atoms with E-state index in [0.717, 1.165) is 24.2 Å². The average molecular weight is 256 g/mol. The lowest BCUT2D eigenvalue weighted by Crippen LogP contribution is -2.18. The summed E-state index contributed by atoms with van der Waals surface area (Å²) in [6.07, 6.45) is 3.92. The van der Waals surface area contributed by atoms with E-state index >= 15 is 0 Å². The number of pyridine rings is 1. The second kappa shape index (κ2) is 6.34. The van der Waals surface area contributed by atoms with E-state index < -0.39 is 6.10 Å². The minimum Gasteiger partial charge on any atom is -0.388 e. The van der Waals surface area contributed by atoms with E-state index in [2.05, 4.69) is 16.0 Å². The molecule has 0 radical (unpaired) electrons. The number of rotatable bonds is 5. The summed E-state index contributed by atoms with van der Waals surface area (Å²) in [4.78, 5) is 6.18. The van der Waals surface area contributed by atoms with E-state index in [1.54, 1.807) is 12.4 Å². The molecular formula is C16H20N2O. The van der Waals surface area contributed by atoms with E-state index in [-0.39, 0.29) is 0 Å². The fourth-order valence-electron chi connectivity index (χ4n) is 2.18. The third-order valence-electron chi connectivity index (χ3n) is 3.26. The molecule has 100 valence electrons. The molecular weight excluding hydrogens is 236 g/mol. The molecule has 19 heavy (non-hydrogen) atoms. The molecule has 3 nitrogen and oxygen atoms in total. The van der Waals surface area contributed by atoms with Gasteiger partial charge in [-0.2, -0.15) is 0 Å². The topological polar surface area (TPSA) is 36.4 Å². The van der Waals surface area contributed by atoms with Crippen LogP contribution in [-0.4, -0.2) is 17.1 Å². The minimum atomic E-state index is -0.406. The number of para-hydroxylation sites is 1. The quantitative estimate of drug-likeness (QED) is 0.892. The molecule has 0 saturated heterocycles. The van der Waals surface area contributed by atoms with Gasteiger partial charge in [0.2, 0.25) is 0 Å². The molecule has 0 bridgehead atoms. The smallest absolute Gasteiger partial charge is 0.0807 e. The molecule has 0 aliphatic heterocycles. The van der Waals surface area contributed by atoms with Gasteiger partial charge < -0.3 is 10.0 Å². The SMILES string of the molecule is CC[C@H](O)c1ccccc1N(C)Cc1ccncc1. The molecule has 1 aromatic carbocycles. The largest absolute Gasteiger partial charge is 0.388 e. The number of aliphatic hydroxyl groups is 1. The molecule has 2 rings (SSSR count). The first-order valence-corrected chi connectivity index (χ1v) is 6.59. The predicted octanol–water partition coefficient (Wildman–Crippen LogP) is 3.16. The summed E-state index contributed by atoms with van der Waals surface area (Å²) < 4.78 is 0. The Kier molecular flexibility index (Phi) is 4.53. The van der Waals surface area contributed by atoms with Gasteiger partial charge in [0.1, 0.15) is 0 Å². The summed E-state index contributed by atoms with van der Waals surface area (Å²) in [6.45, 7) is 2.79. The van der Waals surface area contributed by atoms with Crippen molar-refractivity contribution in [2.75, 3.05) is 11.9 Å². The minimum absolute atomic E-state index is 0.406. The maximum absolute atomic E-state index is 10.1. The summed E-state index contributed by atoms with van der Waals surface area (Å²) in [5.74, 6) is 0. The van der Waals surface area contributed by atoms with Gasteiger partial charge in [0.25, 0.3) is 0 Å². The lowest BCUT2D eigenvalue weighted by molar-refractivity contribution is 0.174. The van der Waals surface area contributed by atoms with Crippen molar-refractivity contribution in [3.8, 4) is 0 Å². The third kappa shape index (κ3) is 3.32. The van der Waals surface area contributed by atoms with Gasteiger partial charge in [0.15, 0.2) is 0 Å². The van der Waals surface area contributed by atoms with Crippen molar-refractivity contribution in [2.24, 2.45) is 0 Å². The second-order valence-electron chi connectivity index (χ2n) is 4.69. The van der Waals surface area contributed by atoms with Crippen LogP contribution in [0.5, 0.6) is 0 Å². The highest BCUT2D eigenvalue weighted by Crippen LogP contribution is 2.28. The van der Waals surface area contributed by atoms with Gasteiger partial charge >= 0.3 is 0 Å². The lowest BCUT2D eigenvalue weighted by Gasteiger charge is -2.24. The highest BCUT2D eigenvalue weighted by molar-refractivity contribution is 5.54. The summed E-state index contributed by atoms with van der Waals surface area (Å²) >= 11 is 0. The van der Waals surface area contributed by atoms with Crippen LogP contribution >= 0.6 is 0 Å². The molecule has 0 saturated carbocycles. The molecule has 2 aromatic rings. The first-order chi connectivity index (χ1) is 9.22. The number of aromatic nitrogens is 1. The Bertz CT molecular complexity index is 513. The monoisotopic (exact) mass is 256 g/mol. The zero-order valence-electron chi connectivity index (χ0n) is 11.5. The number of nitrogens with zero attached hydrogens (tertiary/aromatic N) is 2. The summed E-state index contributed by atoms with van der Waals surface area (Å²) in [6, 6.07) is 12.0. The summed E-state index contributed by atoms with van der Waals surface area (Å²) in [5, 5.41) is 10.1. The Morgan fingerprint density at radius 1 is 1.16 bits per heavy atom. The Labute approximate surface area is 114 Å². The van der Waals surface area contributed by atoms with E-state index in [4.69, 9.17) is 0 Å². The van der Waals surface area contributed by atoms with E-state index in [0.29, 0.717) is 0 Å². The maximum Gasteiger partial charge on any atom is 0.0807 e. The number of anilines is 1. The number of aliphatic hydroxyl groups excluding tert-OH is 1. The Hall–Kier alpha value is -1.87. The molecule has 3 heteroatoms. The van der Waals surface area contributed by atoms with Crippen LogP contribution in [0, 0.1) is 0 Å². The predicted molar refractivity (Wildman–Crippen MR) is 78.0 cm³/mol. The van der Waals surface area contributed by atoms with Gasteiger partial charge in [0.05, 0.1) is 6.10 Å². The van der Waals surface area contributed by atoms with Crippen molar-refractivity contribution in [1.82, 2.24) is 4.98 Å². The molecule has 1 heterocycles. The Morgan fingerprint density at radius 2 is 1.84 bits per heavy atom. The van der Waals surface area contributed by atoms with Crippen molar-refractivity contribution in [3.05, 3.63) is 59.9 Å². The van der Waals surface area contributed by atoms with Gasteiger partial charge in [0, 0.05) is 37.2 Å². The van der Waals surface area contributed by atoms with E-state index in [1.165, 1.54) is 5.56 Å². The average Bonchev–Trinajstić information content (AvgIpc) is 2.47. The first-order valence-electron chi connectivity index (χ1n) is 6.59. The molecule has 0 fully saturated rings. The van der Waals surface area contributed by atoms with Crippen LogP contribution in [0.25, 0.3) is 0 Å². The Morgan fingerprint density at radius 3 is 2.53 bits per heavy atom. The molecule has 0 unspecified atom stereocenters. The van der Waals surface area contributed by atoms with Gasteiger partial charge in [-0.05, 0) is 30.2 Å². The van der Waals surface area contributed by atoms with Crippen LogP contribution in [0.2, 0.25) is 0 Å². The molecule has 1 atom stereocenters. The fraction of sp³-hybridized carbons (Fsp3) is 0.312. The van der Waals surface area contributed by atoms with Crippen LogP contribution in [0.15, 0.2) is 48.8 Å². The number of hydrogen-bond donors (Lipinski definition) is 1. The molecule has 0 spiro atoms. The van der Waals surface area contributed by atoms with Gasteiger partial charge in [-0.25, -0.2) is 0 Å². The Balaban J connectivity index is 2.21. The van der Waals surface area contributed by atoms with Gasteiger partial charge in [-0.1, -0.05) is 25.1 Å². The zero-order chi connectivity index (χ0) is 13.7. The van der Waals surface area contributed by atoms with Gasteiger partial charge in [-0.3, -0.25) is 4.98 Å². The number of hydrogen-bond acceptors (Lipinski definition) is 3. The maximum atomic E-state index is 10.1. The van der Waals surface area contributed by atoms with Crippen LogP contribution in [0.4, 0.5) is 5.69 Å². The van der Waals surface area contributed by atoms with Crippen LogP contribution in [0.3, 0.4) is 0 Å². The second-order valence-corrected chi connectivity index (χ2v) is 4.69. The van der Waals surface area contributed by atoms with Crippen molar-refractivity contribution in [3.63, 3.8) is 0 Å². The number of benzene rings is 1. The molecule has 1 aromatic heterocycles. The molecule has 0 aliphatic carbocycles. The van der Waals surface area contributed by atoms with Crippen molar-refractivity contribution < 1.29 is 5.11 Å². The van der Waals surface area contributed by atoms with Crippen LogP contribution in [-0.2, 0) is 6.54 Å². The third-order valence-corrected chi connectivity index (χ3v) is 3.26. The highest BCUT2D eigenvalue weighted by Gasteiger charge is 2.13. The normalized spacial score (nSPS) is 12.2. The fourth-order valence-corrected chi connectivity index (χ4v) is 2.18. The van der Waals surface area contributed by atoms with Crippen molar-refractivity contribution in [1.29, 1.82) is 0 Å². The van der Waals surface area contributed by atoms with Crippen molar-refractivity contribution >= 4 is 5.69 Å². The lowest BCUT2D eigenvalue weighted by atomic mass is 10.0. The van der Waals surface area contributed by atoms with E-state index in [9.17, 15) is 5.11 Å². The van der Waals surface area contributed by atoms with Crippen LogP contribution in [0.1, 0.15) is 30.6 Å². The van der Waals surface area contributed by atoms with Crippen LogP contribution < -0.4 is 4.90 Å². The molecule has 0 aliphatic rings. The first kappa shape index (κ1) is 13.6. The summed E-state index contributed by atoms with van der Waals surface area (Å²) in [5.41, 5.74) is 3.27. The van der Waals surface area contributed by atoms with Gasteiger partial charge in [-0.15, -0.1) is 0 Å². The molecule has 1 N–H and O–H groups in total. The zero-order valence-corrected chi connectivity index (χ0v) is 11.5. The molecule has 0 amide bonds. The highest BCUT2D eigenvalue weighted by atomic mass is 16.3.